The summed E-state index contributed by atoms with van der Waals surface area (Å²) in [4.78, 5) is 23.7. The molecule has 0 fully saturated rings. The Kier molecular flexibility index (Phi) is 8.21. The average Bonchev–Trinajstić information content (AvgIpc) is 2.54. The summed E-state index contributed by atoms with van der Waals surface area (Å²) in [6.07, 6.45) is 1.97. The molecule has 0 aliphatic rings. The predicted molar refractivity (Wildman–Crippen MR) is 94.7 cm³/mol. The van der Waals surface area contributed by atoms with E-state index in [0.717, 1.165) is 5.56 Å². The number of nitrogens with one attached hydrogen (secondary N) is 3. The van der Waals surface area contributed by atoms with Gasteiger partial charge in [-0.05, 0) is 43.4 Å². The lowest BCUT2D eigenvalue weighted by Crippen LogP contribution is -2.51. The number of unbranched alkanes of at least 4 members (excludes halogenated alkanes) is 1. The Morgan fingerprint density at radius 3 is 2.36 bits per heavy atom. The lowest BCUT2D eigenvalue weighted by molar-refractivity contribution is -0.128. The first kappa shape index (κ1) is 20.2. The lowest BCUT2D eigenvalue weighted by atomic mass is 10.0. The number of carbonyl (C=O) groups is 2. The van der Waals surface area contributed by atoms with Crippen molar-refractivity contribution in [1.29, 1.82) is 5.41 Å². The van der Waals surface area contributed by atoms with E-state index in [1.165, 1.54) is 12.1 Å². The molecule has 1 aromatic rings. The molecule has 0 aliphatic heterocycles. The van der Waals surface area contributed by atoms with Gasteiger partial charge in [0.25, 0.3) is 0 Å². The van der Waals surface area contributed by atoms with E-state index < -0.39 is 23.9 Å². The second kappa shape index (κ2) is 10.1. The summed E-state index contributed by atoms with van der Waals surface area (Å²) in [5.74, 6) is -1.06. The zero-order chi connectivity index (χ0) is 18.8. The molecule has 138 valence electrons. The molecule has 25 heavy (non-hydrogen) atoms. The molecule has 9 heteroatoms. The molecule has 10 N–H and O–H groups in total. The summed E-state index contributed by atoms with van der Waals surface area (Å²) < 4.78 is 0. The number of carbonyl (C=O) groups excluding carboxylic acids is 2. The number of aromatic hydroxyl groups is 1. The molecule has 0 unspecified atom stereocenters. The van der Waals surface area contributed by atoms with Crippen LogP contribution < -0.4 is 27.8 Å². The van der Waals surface area contributed by atoms with Gasteiger partial charge in [0.15, 0.2) is 5.96 Å². The minimum absolute atomic E-state index is 0.111. The van der Waals surface area contributed by atoms with Crippen LogP contribution in [0.15, 0.2) is 24.3 Å². The molecular weight excluding hydrogens is 324 g/mol. The van der Waals surface area contributed by atoms with E-state index in [2.05, 4.69) is 10.6 Å². The number of benzene rings is 1. The van der Waals surface area contributed by atoms with Crippen LogP contribution in [-0.2, 0) is 16.0 Å². The number of amides is 2. The van der Waals surface area contributed by atoms with E-state index >= 15 is 0 Å². The van der Waals surface area contributed by atoms with Crippen LogP contribution in [0, 0.1) is 5.41 Å². The van der Waals surface area contributed by atoms with Crippen LogP contribution in [0.3, 0.4) is 0 Å². The Labute approximate surface area is 146 Å². The highest BCUT2D eigenvalue weighted by atomic mass is 16.3. The second-order valence-electron chi connectivity index (χ2n) is 5.78. The average molecular weight is 350 g/mol. The van der Waals surface area contributed by atoms with Crippen LogP contribution in [0.25, 0.3) is 0 Å². The fourth-order valence-electron chi connectivity index (χ4n) is 2.24. The molecule has 0 saturated heterocycles. The van der Waals surface area contributed by atoms with Gasteiger partial charge in [-0.25, -0.2) is 0 Å². The minimum atomic E-state index is -0.828. The molecule has 0 radical (unpaired) electrons. The smallest absolute Gasteiger partial charge is 0.240 e. The lowest BCUT2D eigenvalue weighted by Gasteiger charge is -2.18. The van der Waals surface area contributed by atoms with Crippen molar-refractivity contribution in [2.45, 2.75) is 37.8 Å². The SMILES string of the molecule is N=C(N)NCCCC[C@H](NC(=O)[C@@H](N)Cc1ccc(O)cc1)C(N)=O. The molecule has 0 aromatic heterocycles. The van der Waals surface area contributed by atoms with Crippen LogP contribution in [0.1, 0.15) is 24.8 Å². The highest BCUT2D eigenvalue weighted by molar-refractivity contribution is 5.89. The normalized spacial score (nSPS) is 12.8. The van der Waals surface area contributed by atoms with Gasteiger partial charge in [-0.3, -0.25) is 15.0 Å². The van der Waals surface area contributed by atoms with E-state index in [-0.39, 0.29) is 18.1 Å². The van der Waals surface area contributed by atoms with Crippen molar-refractivity contribution < 1.29 is 14.7 Å². The molecule has 0 heterocycles. The van der Waals surface area contributed by atoms with Crippen molar-refractivity contribution in [2.75, 3.05) is 6.54 Å². The van der Waals surface area contributed by atoms with Gasteiger partial charge in [-0.1, -0.05) is 12.1 Å². The summed E-state index contributed by atoms with van der Waals surface area (Å²) >= 11 is 0. The van der Waals surface area contributed by atoms with Gasteiger partial charge in [0.1, 0.15) is 11.8 Å². The van der Waals surface area contributed by atoms with Gasteiger partial charge < -0.3 is 32.9 Å². The van der Waals surface area contributed by atoms with Crippen molar-refractivity contribution in [3.8, 4) is 5.75 Å². The van der Waals surface area contributed by atoms with Crippen molar-refractivity contribution in [2.24, 2.45) is 17.2 Å². The number of phenolic OH excluding ortho intramolecular Hbond substituents is 1. The molecule has 0 spiro atoms. The molecule has 2 atom stereocenters. The highest BCUT2D eigenvalue weighted by Gasteiger charge is 2.21. The highest BCUT2D eigenvalue weighted by Crippen LogP contribution is 2.11. The van der Waals surface area contributed by atoms with Crippen LogP contribution in [0.5, 0.6) is 5.75 Å². The standard InChI is InChI=1S/C16H26N6O3/c17-12(9-10-4-6-11(23)7-5-10)15(25)22-13(14(18)24)3-1-2-8-21-16(19)20/h4-7,12-13,23H,1-3,8-9,17H2,(H2,18,24)(H,22,25)(H4,19,20,21)/t12-,13-/m0/s1. The Morgan fingerprint density at radius 1 is 1.16 bits per heavy atom. The molecule has 1 aromatic carbocycles. The number of hydrogen-bond donors (Lipinski definition) is 7. The number of hydrogen-bond acceptors (Lipinski definition) is 5. The fourth-order valence-corrected chi connectivity index (χ4v) is 2.24. The second-order valence-corrected chi connectivity index (χ2v) is 5.78. The number of nitrogens with two attached hydrogens (primary N) is 3. The van der Waals surface area contributed by atoms with Crippen LogP contribution in [0.2, 0.25) is 0 Å². The fraction of sp³-hybridized carbons (Fsp3) is 0.438. The van der Waals surface area contributed by atoms with Crippen molar-refractivity contribution in [1.82, 2.24) is 10.6 Å². The maximum Gasteiger partial charge on any atom is 0.240 e. The van der Waals surface area contributed by atoms with Crippen LogP contribution in [-0.4, -0.2) is 41.5 Å². The van der Waals surface area contributed by atoms with Gasteiger partial charge in [-0.2, -0.15) is 0 Å². The number of phenols is 1. The Hall–Kier alpha value is -2.81. The summed E-state index contributed by atoms with van der Waals surface area (Å²) in [5, 5.41) is 21.5. The van der Waals surface area contributed by atoms with Gasteiger partial charge in [-0.15, -0.1) is 0 Å². The third-order valence-corrected chi connectivity index (χ3v) is 3.62. The maximum absolute atomic E-state index is 12.2. The molecule has 2 amide bonds. The summed E-state index contributed by atoms with van der Waals surface area (Å²) in [6.45, 7) is 0.509. The van der Waals surface area contributed by atoms with Gasteiger partial charge in [0.2, 0.25) is 11.8 Å². The van der Waals surface area contributed by atoms with Crippen LogP contribution >= 0.6 is 0 Å². The topological polar surface area (TPSA) is 180 Å². The van der Waals surface area contributed by atoms with Gasteiger partial charge >= 0.3 is 0 Å². The Balaban J connectivity index is 2.44. The van der Waals surface area contributed by atoms with E-state index in [9.17, 15) is 14.7 Å². The number of rotatable bonds is 10. The van der Waals surface area contributed by atoms with Crippen LogP contribution in [0.4, 0.5) is 0 Å². The van der Waals surface area contributed by atoms with Crippen molar-refractivity contribution >= 4 is 17.8 Å². The van der Waals surface area contributed by atoms with E-state index in [0.29, 0.717) is 25.8 Å². The van der Waals surface area contributed by atoms with E-state index in [1.807, 2.05) is 0 Å². The zero-order valence-corrected chi connectivity index (χ0v) is 14.0. The summed E-state index contributed by atoms with van der Waals surface area (Å²) in [5.41, 5.74) is 17.2. The zero-order valence-electron chi connectivity index (χ0n) is 14.0. The minimum Gasteiger partial charge on any atom is -0.508 e. The summed E-state index contributed by atoms with van der Waals surface area (Å²) in [7, 11) is 0. The van der Waals surface area contributed by atoms with Crippen molar-refractivity contribution in [3.05, 3.63) is 29.8 Å². The van der Waals surface area contributed by atoms with Gasteiger partial charge in [0.05, 0.1) is 6.04 Å². The molecule has 1 rings (SSSR count). The Bertz CT molecular complexity index is 590. The first-order chi connectivity index (χ1) is 11.8. The first-order valence-electron chi connectivity index (χ1n) is 8.00. The monoisotopic (exact) mass is 350 g/mol. The van der Waals surface area contributed by atoms with Crippen molar-refractivity contribution in [3.63, 3.8) is 0 Å². The third kappa shape index (κ3) is 8.02. The van der Waals surface area contributed by atoms with Gasteiger partial charge in [0, 0.05) is 6.54 Å². The molecule has 0 aliphatic carbocycles. The first-order valence-corrected chi connectivity index (χ1v) is 8.00. The predicted octanol–water partition coefficient (Wildman–Crippen LogP) is -1.11. The molecule has 9 nitrogen and oxygen atoms in total. The number of primary amides is 1. The third-order valence-electron chi connectivity index (χ3n) is 3.62. The molecule has 0 bridgehead atoms. The molecule has 0 saturated carbocycles. The van der Waals surface area contributed by atoms with E-state index in [4.69, 9.17) is 22.6 Å². The largest absolute Gasteiger partial charge is 0.508 e. The van der Waals surface area contributed by atoms with E-state index in [1.54, 1.807) is 12.1 Å². The maximum atomic E-state index is 12.2. The number of guanidine groups is 1. The summed E-state index contributed by atoms with van der Waals surface area (Å²) in [6, 6.07) is 4.76. The molecular formula is C16H26N6O3. The Morgan fingerprint density at radius 2 is 1.80 bits per heavy atom. The quantitative estimate of drug-likeness (QED) is 0.159.